The van der Waals surface area contributed by atoms with Crippen molar-refractivity contribution in [1.29, 1.82) is 0 Å². The monoisotopic (exact) mass is 373 g/mol. The molecular formula is C19H20ClN3O3. The topological polar surface area (TPSA) is 79.8 Å². The number of ether oxygens (including phenoxy) is 1. The van der Waals surface area contributed by atoms with Gasteiger partial charge in [-0.25, -0.2) is 5.43 Å². The van der Waals surface area contributed by atoms with Crippen molar-refractivity contribution in [3.05, 3.63) is 64.7 Å². The minimum absolute atomic E-state index is 0.264. The first kappa shape index (κ1) is 19.5. The fraction of sp³-hybridized carbons (Fsp3) is 0.211. The van der Waals surface area contributed by atoms with Gasteiger partial charge >= 0.3 is 11.8 Å². The van der Waals surface area contributed by atoms with E-state index in [4.69, 9.17) is 16.3 Å². The lowest BCUT2D eigenvalue weighted by atomic mass is 10.2. The molecule has 6 nitrogen and oxygen atoms in total. The highest BCUT2D eigenvalue weighted by Gasteiger charge is 2.12. The molecule has 0 aliphatic heterocycles. The van der Waals surface area contributed by atoms with Gasteiger partial charge in [-0.05, 0) is 30.2 Å². The average Bonchev–Trinajstić information content (AvgIpc) is 2.66. The van der Waals surface area contributed by atoms with Crippen molar-refractivity contribution in [2.45, 2.75) is 19.9 Å². The second kappa shape index (κ2) is 10.2. The Balaban J connectivity index is 1.89. The van der Waals surface area contributed by atoms with Gasteiger partial charge in [-0.1, -0.05) is 48.9 Å². The van der Waals surface area contributed by atoms with Crippen LogP contribution in [0, 0.1) is 0 Å². The number of nitrogens with zero attached hydrogens (tertiary/aromatic N) is 1. The second-order valence-corrected chi connectivity index (χ2v) is 5.83. The van der Waals surface area contributed by atoms with Crippen molar-refractivity contribution < 1.29 is 14.3 Å². The van der Waals surface area contributed by atoms with Crippen LogP contribution in [-0.4, -0.2) is 24.6 Å². The van der Waals surface area contributed by atoms with Crippen molar-refractivity contribution in [3.63, 3.8) is 0 Å². The van der Waals surface area contributed by atoms with Crippen molar-refractivity contribution in [2.24, 2.45) is 5.10 Å². The van der Waals surface area contributed by atoms with Crippen LogP contribution >= 0.6 is 11.6 Å². The van der Waals surface area contributed by atoms with Gasteiger partial charge in [-0.3, -0.25) is 9.59 Å². The van der Waals surface area contributed by atoms with Crippen molar-refractivity contribution in [2.75, 3.05) is 6.61 Å². The molecule has 7 heteroatoms. The maximum absolute atomic E-state index is 11.8. The minimum atomic E-state index is -0.852. The first-order chi connectivity index (χ1) is 12.6. The molecule has 136 valence electrons. The van der Waals surface area contributed by atoms with Gasteiger partial charge in [-0.2, -0.15) is 5.10 Å². The van der Waals surface area contributed by atoms with Gasteiger partial charge in [0.2, 0.25) is 0 Å². The smallest absolute Gasteiger partial charge is 0.329 e. The lowest BCUT2D eigenvalue weighted by molar-refractivity contribution is -0.139. The summed E-state index contributed by atoms with van der Waals surface area (Å²) in [7, 11) is 0. The number of nitrogens with one attached hydrogen (secondary N) is 2. The Hall–Kier alpha value is -2.86. The molecule has 0 atom stereocenters. The summed E-state index contributed by atoms with van der Waals surface area (Å²) in [6, 6.07) is 14.4. The fourth-order valence-corrected chi connectivity index (χ4v) is 2.21. The molecule has 0 radical (unpaired) electrons. The third kappa shape index (κ3) is 6.22. The van der Waals surface area contributed by atoms with Crippen molar-refractivity contribution >= 4 is 29.6 Å². The van der Waals surface area contributed by atoms with Gasteiger partial charge in [0.25, 0.3) is 0 Å². The van der Waals surface area contributed by atoms with Gasteiger partial charge < -0.3 is 10.1 Å². The zero-order valence-electron chi connectivity index (χ0n) is 14.4. The normalized spacial score (nSPS) is 10.5. The van der Waals surface area contributed by atoms with Crippen LogP contribution in [0.4, 0.5) is 0 Å². The van der Waals surface area contributed by atoms with E-state index in [9.17, 15) is 9.59 Å². The van der Waals surface area contributed by atoms with E-state index in [1.807, 2.05) is 37.3 Å². The third-order valence-corrected chi connectivity index (χ3v) is 3.54. The summed E-state index contributed by atoms with van der Waals surface area (Å²) in [5.74, 6) is -1.02. The summed E-state index contributed by atoms with van der Waals surface area (Å²) in [6.07, 6.45) is 2.25. The van der Waals surface area contributed by atoms with E-state index in [1.165, 1.54) is 6.21 Å². The van der Waals surface area contributed by atoms with Gasteiger partial charge in [0.05, 0.1) is 12.8 Å². The van der Waals surface area contributed by atoms with Crippen LogP contribution in [0.1, 0.15) is 24.5 Å². The van der Waals surface area contributed by atoms with Gasteiger partial charge in [0.15, 0.2) is 0 Å². The fourth-order valence-electron chi connectivity index (χ4n) is 2.03. The van der Waals surface area contributed by atoms with Crippen LogP contribution in [0.25, 0.3) is 0 Å². The summed E-state index contributed by atoms with van der Waals surface area (Å²) in [5.41, 5.74) is 3.69. The Bertz CT molecular complexity index is 779. The third-order valence-electron chi connectivity index (χ3n) is 3.31. The number of halogens is 1. The Morgan fingerprint density at radius 2 is 1.92 bits per heavy atom. The molecule has 0 aliphatic carbocycles. The molecule has 0 aromatic heterocycles. The quantitative estimate of drug-likeness (QED) is 0.445. The van der Waals surface area contributed by atoms with E-state index < -0.39 is 11.8 Å². The molecule has 2 N–H and O–H groups in total. The zero-order valence-corrected chi connectivity index (χ0v) is 15.1. The highest BCUT2D eigenvalue weighted by molar-refractivity contribution is 6.35. The summed E-state index contributed by atoms with van der Waals surface area (Å²) >= 11 is 5.97. The van der Waals surface area contributed by atoms with E-state index in [1.54, 1.807) is 18.2 Å². The van der Waals surface area contributed by atoms with Crippen LogP contribution in [0.15, 0.2) is 53.6 Å². The molecule has 2 amide bonds. The largest absolute Gasteiger partial charge is 0.493 e. The molecule has 0 fully saturated rings. The predicted molar refractivity (Wildman–Crippen MR) is 101 cm³/mol. The lowest BCUT2D eigenvalue weighted by Crippen LogP contribution is -2.37. The summed E-state index contributed by atoms with van der Waals surface area (Å²) in [4.78, 5) is 23.6. The van der Waals surface area contributed by atoms with E-state index >= 15 is 0 Å². The van der Waals surface area contributed by atoms with Crippen LogP contribution in [0.5, 0.6) is 5.75 Å². The number of hydrogen-bond donors (Lipinski definition) is 2. The molecule has 2 aromatic carbocycles. The number of amides is 2. The Kier molecular flexibility index (Phi) is 7.64. The van der Waals surface area contributed by atoms with Gasteiger partial charge in [-0.15, -0.1) is 0 Å². The number of carbonyl (C=O) groups excluding carboxylic acids is 2. The second-order valence-electron chi connectivity index (χ2n) is 5.40. The molecule has 0 spiro atoms. The average molecular weight is 374 g/mol. The lowest BCUT2D eigenvalue weighted by Gasteiger charge is -2.08. The number of benzene rings is 2. The zero-order chi connectivity index (χ0) is 18.8. The Labute approximate surface area is 157 Å². The molecule has 0 aliphatic rings. The first-order valence-corrected chi connectivity index (χ1v) is 8.55. The van der Waals surface area contributed by atoms with E-state index in [2.05, 4.69) is 15.8 Å². The Morgan fingerprint density at radius 1 is 1.15 bits per heavy atom. The summed E-state index contributed by atoms with van der Waals surface area (Å²) in [5, 5.41) is 6.84. The molecule has 0 saturated heterocycles. The van der Waals surface area contributed by atoms with Crippen LogP contribution in [-0.2, 0) is 16.1 Å². The summed E-state index contributed by atoms with van der Waals surface area (Å²) in [6.45, 7) is 2.81. The molecule has 0 unspecified atom stereocenters. The first-order valence-electron chi connectivity index (χ1n) is 8.17. The number of hydrogen-bond acceptors (Lipinski definition) is 4. The van der Waals surface area contributed by atoms with E-state index in [0.29, 0.717) is 22.9 Å². The Morgan fingerprint density at radius 3 is 2.65 bits per heavy atom. The highest BCUT2D eigenvalue weighted by atomic mass is 35.5. The maximum Gasteiger partial charge on any atom is 0.329 e. The summed E-state index contributed by atoms with van der Waals surface area (Å²) < 4.78 is 5.59. The molecule has 2 rings (SSSR count). The van der Waals surface area contributed by atoms with Gasteiger partial charge in [0.1, 0.15) is 5.75 Å². The van der Waals surface area contributed by atoms with E-state index in [-0.39, 0.29) is 6.54 Å². The number of hydrazone groups is 1. The molecule has 0 bridgehead atoms. The highest BCUT2D eigenvalue weighted by Crippen LogP contribution is 2.21. The van der Waals surface area contributed by atoms with Crippen molar-refractivity contribution in [3.8, 4) is 5.75 Å². The number of rotatable bonds is 7. The van der Waals surface area contributed by atoms with Crippen LogP contribution in [0.2, 0.25) is 5.02 Å². The van der Waals surface area contributed by atoms with Crippen molar-refractivity contribution in [1.82, 2.24) is 10.7 Å². The molecule has 26 heavy (non-hydrogen) atoms. The van der Waals surface area contributed by atoms with Crippen LogP contribution < -0.4 is 15.5 Å². The standard InChI is InChI=1S/C19H20ClN3O3/c1-2-10-26-17-9-8-16(20)11-15(17)13-22-23-19(25)18(24)21-12-14-6-4-3-5-7-14/h3-9,11,13H,2,10,12H2,1H3,(H,21,24)(H,23,25)/b22-13-. The predicted octanol–water partition coefficient (Wildman–Crippen LogP) is 2.90. The SMILES string of the molecule is CCCOc1ccc(Cl)cc1/C=N\NC(=O)C(=O)NCc1ccccc1. The number of carbonyl (C=O) groups is 2. The molecule has 0 heterocycles. The van der Waals surface area contributed by atoms with Crippen LogP contribution in [0.3, 0.4) is 0 Å². The molecule has 2 aromatic rings. The molecular weight excluding hydrogens is 354 g/mol. The maximum atomic E-state index is 11.8. The van der Waals surface area contributed by atoms with E-state index in [0.717, 1.165) is 12.0 Å². The van der Waals surface area contributed by atoms with Gasteiger partial charge in [0, 0.05) is 17.1 Å². The minimum Gasteiger partial charge on any atom is -0.493 e. The molecule has 0 saturated carbocycles.